The van der Waals surface area contributed by atoms with E-state index in [1.165, 1.54) is 0 Å². The molecule has 0 atom stereocenters. The summed E-state index contributed by atoms with van der Waals surface area (Å²) in [7, 11) is -1.67. The molecule has 0 amide bonds. The maximum atomic E-state index is 11.4. The number of hydrogen-bond donors (Lipinski definition) is 2. The van der Waals surface area contributed by atoms with Crippen LogP contribution in [0.1, 0.15) is 0 Å². The number of pyridine rings is 1. The van der Waals surface area contributed by atoms with Gasteiger partial charge in [-0.25, -0.2) is 13.4 Å². The number of sulfonamides is 1. The van der Waals surface area contributed by atoms with Crippen molar-refractivity contribution in [1.29, 1.82) is 0 Å². The molecule has 1 aromatic heterocycles. The Labute approximate surface area is 163 Å². The molecule has 28 heavy (non-hydrogen) atoms. The number of ether oxygens (including phenoxy) is 1. The molecule has 0 saturated heterocycles. The Kier molecular flexibility index (Phi) is 4.52. The van der Waals surface area contributed by atoms with Gasteiger partial charge >= 0.3 is 0 Å². The summed E-state index contributed by atoms with van der Waals surface area (Å²) in [6.45, 7) is 0. The van der Waals surface area contributed by atoms with E-state index >= 15 is 0 Å². The lowest BCUT2D eigenvalue weighted by Gasteiger charge is -2.16. The third kappa shape index (κ3) is 3.57. The standard InChI is InChI=1S/C21H19N3O3S/c1-27-19-9-5-8-18-20(19)21(16-6-3-4-7-17(16)23-18)22-14-10-12-15(13-11-14)24-28(2,25)26/h3-13,24H,1-2H3,(H,22,23). The summed E-state index contributed by atoms with van der Waals surface area (Å²) in [6.07, 6.45) is 1.13. The van der Waals surface area contributed by atoms with Crippen LogP contribution in [0, 0.1) is 0 Å². The number of aromatic nitrogens is 1. The molecule has 3 aromatic carbocycles. The average Bonchev–Trinajstić information content (AvgIpc) is 2.67. The molecule has 4 aromatic rings. The van der Waals surface area contributed by atoms with Crippen LogP contribution in [0.3, 0.4) is 0 Å². The highest BCUT2D eigenvalue weighted by atomic mass is 32.2. The molecule has 0 saturated carbocycles. The molecule has 0 aliphatic carbocycles. The molecule has 0 unspecified atom stereocenters. The van der Waals surface area contributed by atoms with E-state index in [0.29, 0.717) is 5.69 Å². The van der Waals surface area contributed by atoms with Crippen molar-refractivity contribution in [2.75, 3.05) is 23.4 Å². The third-order valence-electron chi connectivity index (χ3n) is 4.35. The van der Waals surface area contributed by atoms with Crippen LogP contribution in [0.4, 0.5) is 17.1 Å². The Bertz CT molecular complexity index is 1270. The van der Waals surface area contributed by atoms with Crippen LogP contribution >= 0.6 is 0 Å². The second kappa shape index (κ2) is 7.01. The molecule has 0 aliphatic heterocycles. The first-order valence-electron chi connectivity index (χ1n) is 8.65. The molecule has 142 valence electrons. The summed E-state index contributed by atoms with van der Waals surface area (Å²) in [5.74, 6) is 0.730. The van der Waals surface area contributed by atoms with Crippen molar-refractivity contribution in [2.24, 2.45) is 0 Å². The van der Waals surface area contributed by atoms with Crippen LogP contribution < -0.4 is 14.8 Å². The molecule has 6 nitrogen and oxygen atoms in total. The predicted octanol–water partition coefficient (Wildman–Crippen LogP) is 4.51. The Morgan fingerprint density at radius 2 is 1.54 bits per heavy atom. The van der Waals surface area contributed by atoms with Gasteiger partial charge in [-0.2, -0.15) is 0 Å². The second-order valence-corrected chi connectivity index (χ2v) is 8.18. The van der Waals surface area contributed by atoms with E-state index in [4.69, 9.17) is 9.72 Å². The van der Waals surface area contributed by atoms with Crippen molar-refractivity contribution in [3.05, 3.63) is 66.7 Å². The molecule has 4 rings (SSSR count). The molecule has 0 bridgehead atoms. The fraction of sp³-hybridized carbons (Fsp3) is 0.0952. The van der Waals surface area contributed by atoms with Crippen molar-refractivity contribution in [1.82, 2.24) is 4.98 Å². The van der Waals surface area contributed by atoms with Gasteiger partial charge < -0.3 is 10.1 Å². The number of fused-ring (bicyclic) bond motifs is 2. The first kappa shape index (κ1) is 18.1. The van der Waals surface area contributed by atoms with Crippen LogP contribution in [-0.4, -0.2) is 26.8 Å². The zero-order chi connectivity index (χ0) is 19.7. The van der Waals surface area contributed by atoms with Gasteiger partial charge in [-0.3, -0.25) is 4.72 Å². The highest BCUT2D eigenvalue weighted by molar-refractivity contribution is 7.92. The minimum Gasteiger partial charge on any atom is -0.496 e. The van der Waals surface area contributed by atoms with E-state index in [1.54, 1.807) is 19.2 Å². The molecular weight excluding hydrogens is 374 g/mol. The van der Waals surface area contributed by atoms with Gasteiger partial charge in [-0.1, -0.05) is 24.3 Å². The van der Waals surface area contributed by atoms with Crippen LogP contribution in [0.2, 0.25) is 0 Å². The second-order valence-electron chi connectivity index (χ2n) is 6.43. The van der Waals surface area contributed by atoms with Gasteiger partial charge in [0.25, 0.3) is 0 Å². The van der Waals surface area contributed by atoms with E-state index in [1.807, 2.05) is 54.6 Å². The number of methoxy groups -OCH3 is 1. The van der Waals surface area contributed by atoms with Crippen LogP contribution in [0.15, 0.2) is 66.7 Å². The summed E-state index contributed by atoms with van der Waals surface area (Å²) in [5.41, 5.74) is 3.93. The van der Waals surface area contributed by atoms with Crippen molar-refractivity contribution in [2.45, 2.75) is 0 Å². The molecule has 2 N–H and O–H groups in total. The molecule has 0 spiro atoms. The number of benzene rings is 3. The van der Waals surface area contributed by atoms with Crippen LogP contribution in [0.5, 0.6) is 5.75 Å². The van der Waals surface area contributed by atoms with Gasteiger partial charge in [-0.15, -0.1) is 0 Å². The van der Waals surface area contributed by atoms with E-state index in [9.17, 15) is 8.42 Å². The topological polar surface area (TPSA) is 80.3 Å². The van der Waals surface area contributed by atoms with Crippen molar-refractivity contribution in [3.63, 3.8) is 0 Å². The van der Waals surface area contributed by atoms with Crippen LogP contribution in [-0.2, 0) is 10.0 Å². The maximum Gasteiger partial charge on any atom is 0.229 e. The molecule has 7 heteroatoms. The first-order chi connectivity index (χ1) is 13.4. The smallest absolute Gasteiger partial charge is 0.229 e. The fourth-order valence-corrected chi connectivity index (χ4v) is 3.76. The average molecular weight is 393 g/mol. The number of nitrogens with zero attached hydrogens (tertiary/aromatic N) is 1. The van der Waals surface area contributed by atoms with Gasteiger partial charge in [-0.05, 0) is 42.5 Å². The molecule has 0 aliphatic rings. The highest BCUT2D eigenvalue weighted by Crippen LogP contribution is 2.38. The van der Waals surface area contributed by atoms with E-state index in [-0.39, 0.29) is 0 Å². The van der Waals surface area contributed by atoms with Gasteiger partial charge in [0, 0.05) is 16.8 Å². The lowest BCUT2D eigenvalue weighted by molar-refractivity contribution is 0.420. The molecular formula is C21H19N3O3S. The molecule has 1 heterocycles. The Morgan fingerprint density at radius 3 is 2.25 bits per heavy atom. The predicted molar refractivity (Wildman–Crippen MR) is 114 cm³/mol. The lowest BCUT2D eigenvalue weighted by atomic mass is 10.1. The van der Waals surface area contributed by atoms with E-state index in [0.717, 1.165) is 45.2 Å². The molecule has 0 radical (unpaired) electrons. The Hall–Kier alpha value is -3.32. The third-order valence-corrected chi connectivity index (χ3v) is 4.95. The largest absolute Gasteiger partial charge is 0.496 e. The summed E-state index contributed by atoms with van der Waals surface area (Å²) in [5, 5.41) is 5.32. The highest BCUT2D eigenvalue weighted by Gasteiger charge is 2.13. The number of nitrogens with one attached hydrogen (secondary N) is 2. The van der Waals surface area contributed by atoms with Crippen molar-refractivity contribution >= 4 is 48.9 Å². The number of hydrogen-bond acceptors (Lipinski definition) is 5. The van der Waals surface area contributed by atoms with Gasteiger partial charge in [0.15, 0.2) is 0 Å². The quantitative estimate of drug-likeness (QED) is 0.488. The summed E-state index contributed by atoms with van der Waals surface area (Å²) in [4.78, 5) is 4.75. The number of para-hydroxylation sites is 1. The minimum atomic E-state index is -3.31. The Balaban J connectivity index is 1.84. The zero-order valence-electron chi connectivity index (χ0n) is 15.4. The monoisotopic (exact) mass is 393 g/mol. The summed E-state index contributed by atoms with van der Waals surface area (Å²) >= 11 is 0. The summed E-state index contributed by atoms with van der Waals surface area (Å²) in [6, 6.07) is 20.8. The summed E-state index contributed by atoms with van der Waals surface area (Å²) < 4.78 is 30.8. The Morgan fingerprint density at radius 1 is 0.857 bits per heavy atom. The van der Waals surface area contributed by atoms with Crippen LogP contribution in [0.25, 0.3) is 21.8 Å². The van der Waals surface area contributed by atoms with Crippen molar-refractivity contribution < 1.29 is 13.2 Å². The van der Waals surface area contributed by atoms with Gasteiger partial charge in [0.05, 0.1) is 35.5 Å². The fourth-order valence-electron chi connectivity index (χ4n) is 3.19. The van der Waals surface area contributed by atoms with Crippen molar-refractivity contribution in [3.8, 4) is 5.75 Å². The number of anilines is 3. The van der Waals surface area contributed by atoms with E-state index < -0.39 is 10.0 Å². The molecule has 0 fully saturated rings. The normalized spacial score (nSPS) is 11.5. The first-order valence-corrected chi connectivity index (χ1v) is 10.5. The maximum absolute atomic E-state index is 11.4. The van der Waals surface area contributed by atoms with Gasteiger partial charge in [0.1, 0.15) is 5.75 Å². The number of rotatable bonds is 5. The minimum absolute atomic E-state index is 0.509. The lowest BCUT2D eigenvalue weighted by Crippen LogP contribution is -2.09. The van der Waals surface area contributed by atoms with E-state index in [2.05, 4.69) is 10.0 Å². The van der Waals surface area contributed by atoms with Gasteiger partial charge in [0.2, 0.25) is 10.0 Å². The zero-order valence-corrected chi connectivity index (χ0v) is 16.2. The SMILES string of the molecule is COc1cccc2nc3ccccc3c(Nc3ccc(NS(C)(=O)=O)cc3)c12.